The number of ketones is 1. The summed E-state index contributed by atoms with van der Waals surface area (Å²) in [7, 11) is 2.12. The molecule has 0 saturated carbocycles. The van der Waals surface area contributed by atoms with Gasteiger partial charge in [-0.25, -0.2) is 0 Å². The normalized spacial score (nSPS) is 21.6. The van der Waals surface area contributed by atoms with Crippen LogP contribution in [0.4, 0.5) is 0 Å². The minimum Gasteiger partial charge on any atom is -0.396 e. The van der Waals surface area contributed by atoms with Gasteiger partial charge in [-0.3, -0.25) is 4.79 Å². The van der Waals surface area contributed by atoms with E-state index in [1.165, 1.54) is 12.8 Å². The molecule has 2 atom stereocenters. The van der Waals surface area contributed by atoms with Crippen LogP contribution in [0.25, 0.3) is 0 Å². The largest absolute Gasteiger partial charge is 0.396 e. The molecule has 1 aromatic rings. The highest BCUT2D eigenvalue weighted by molar-refractivity contribution is 5.98. The Morgan fingerprint density at radius 3 is 2.75 bits per heavy atom. The molecule has 110 valence electrons. The molecule has 0 spiro atoms. The first kappa shape index (κ1) is 15.2. The van der Waals surface area contributed by atoms with E-state index >= 15 is 0 Å². The number of likely N-dealkylation sites (tertiary alicyclic amines) is 1. The summed E-state index contributed by atoms with van der Waals surface area (Å²) in [5, 5.41) is 9.11. The number of carbonyl (C=O) groups excluding carboxylic acids is 1. The predicted octanol–water partition coefficient (Wildman–Crippen LogP) is 2.74. The Morgan fingerprint density at radius 2 is 2.10 bits per heavy atom. The lowest BCUT2D eigenvalue weighted by Crippen LogP contribution is -2.44. The molecule has 20 heavy (non-hydrogen) atoms. The second kappa shape index (κ2) is 7.55. The zero-order valence-electron chi connectivity index (χ0n) is 12.3. The van der Waals surface area contributed by atoms with Crippen molar-refractivity contribution >= 4 is 5.78 Å². The molecule has 2 rings (SSSR count). The Bertz CT molecular complexity index is 418. The number of rotatable bonds is 6. The van der Waals surface area contributed by atoms with Gasteiger partial charge in [-0.15, -0.1) is 0 Å². The highest BCUT2D eigenvalue weighted by Crippen LogP contribution is 2.28. The molecular formula is C17H25NO2. The maximum atomic E-state index is 12.8. The van der Waals surface area contributed by atoms with Gasteiger partial charge in [-0.1, -0.05) is 36.8 Å². The summed E-state index contributed by atoms with van der Waals surface area (Å²) >= 11 is 0. The van der Waals surface area contributed by atoms with Crippen molar-refractivity contribution in [3.63, 3.8) is 0 Å². The highest BCUT2D eigenvalue weighted by atomic mass is 16.3. The zero-order chi connectivity index (χ0) is 14.4. The minimum atomic E-state index is 0.00912. The molecule has 0 amide bonds. The van der Waals surface area contributed by atoms with Crippen LogP contribution in [-0.2, 0) is 0 Å². The molecule has 1 N–H and O–H groups in total. The van der Waals surface area contributed by atoms with E-state index in [-0.39, 0.29) is 18.3 Å². The molecule has 2 unspecified atom stereocenters. The van der Waals surface area contributed by atoms with E-state index in [4.69, 9.17) is 5.11 Å². The van der Waals surface area contributed by atoms with Gasteiger partial charge in [0.25, 0.3) is 0 Å². The molecule has 1 aromatic carbocycles. The number of Topliss-reactive ketones (excluding diaryl/α,β-unsaturated/α-hetero) is 1. The Balaban J connectivity index is 2.16. The van der Waals surface area contributed by atoms with Crippen LogP contribution in [0.3, 0.4) is 0 Å². The van der Waals surface area contributed by atoms with Crippen LogP contribution in [0.1, 0.15) is 42.5 Å². The fraction of sp³-hybridized carbons (Fsp3) is 0.588. The molecule has 3 heteroatoms. The summed E-state index contributed by atoms with van der Waals surface area (Å²) in [6.07, 6.45) is 4.99. The standard InChI is InChI=1S/C17H25NO2/c1-18-12-6-5-11-16(18)15(10-7-13-19)17(20)14-8-3-2-4-9-14/h2-4,8-9,15-16,19H,5-7,10-13H2,1H3. The van der Waals surface area contributed by atoms with Crippen molar-refractivity contribution in [2.24, 2.45) is 5.92 Å². The summed E-state index contributed by atoms with van der Waals surface area (Å²) in [6.45, 7) is 1.23. The van der Waals surface area contributed by atoms with Crippen LogP contribution in [0.2, 0.25) is 0 Å². The second-order valence-corrected chi connectivity index (χ2v) is 5.75. The fourth-order valence-corrected chi connectivity index (χ4v) is 3.24. The summed E-state index contributed by atoms with van der Waals surface area (Å²) < 4.78 is 0. The first-order valence-corrected chi connectivity index (χ1v) is 7.64. The summed E-state index contributed by atoms with van der Waals surface area (Å²) in [5.74, 6) is 0.243. The first-order chi connectivity index (χ1) is 9.74. The SMILES string of the molecule is CN1CCCCC1C(CCCO)C(=O)c1ccccc1. The van der Waals surface area contributed by atoms with Crippen LogP contribution in [0.15, 0.2) is 30.3 Å². The second-order valence-electron chi connectivity index (χ2n) is 5.75. The van der Waals surface area contributed by atoms with Crippen LogP contribution < -0.4 is 0 Å². The van der Waals surface area contributed by atoms with Gasteiger partial charge in [0.1, 0.15) is 0 Å². The average Bonchev–Trinajstić information content (AvgIpc) is 2.50. The van der Waals surface area contributed by atoms with Gasteiger partial charge in [0.15, 0.2) is 5.78 Å². The van der Waals surface area contributed by atoms with Crippen LogP contribution in [-0.4, -0.2) is 42.0 Å². The molecule has 0 radical (unpaired) electrons. The number of aliphatic hydroxyl groups excluding tert-OH is 1. The number of nitrogens with zero attached hydrogens (tertiary/aromatic N) is 1. The molecular weight excluding hydrogens is 250 g/mol. The van der Waals surface area contributed by atoms with Crippen molar-refractivity contribution in [1.29, 1.82) is 0 Å². The summed E-state index contributed by atoms with van der Waals surface area (Å²) in [4.78, 5) is 15.1. The molecule has 0 aliphatic carbocycles. The number of aliphatic hydroxyl groups is 1. The van der Waals surface area contributed by atoms with Crippen molar-refractivity contribution in [2.75, 3.05) is 20.2 Å². The van der Waals surface area contributed by atoms with E-state index in [1.54, 1.807) is 0 Å². The third-order valence-electron chi connectivity index (χ3n) is 4.36. The minimum absolute atomic E-state index is 0.00912. The monoisotopic (exact) mass is 275 g/mol. The van der Waals surface area contributed by atoms with Gasteiger partial charge in [0, 0.05) is 24.1 Å². The smallest absolute Gasteiger partial charge is 0.167 e. The lowest BCUT2D eigenvalue weighted by atomic mass is 9.82. The van der Waals surface area contributed by atoms with Gasteiger partial charge in [-0.2, -0.15) is 0 Å². The Morgan fingerprint density at radius 1 is 1.35 bits per heavy atom. The lowest BCUT2D eigenvalue weighted by molar-refractivity contribution is 0.0715. The maximum Gasteiger partial charge on any atom is 0.167 e. The van der Waals surface area contributed by atoms with E-state index in [9.17, 15) is 4.79 Å². The molecule has 3 nitrogen and oxygen atoms in total. The Labute approximate surface area is 121 Å². The van der Waals surface area contributed by atoms with Crippen molar-refractivity contribution in [1.82, 2.24) is 4.90 Å². The fourth-order valence-electron chi connectivity index (χ4n) is 3.24. The van der Waals surface area contributed by atoms with E-state index < -0.39 is 0 Å². The molecule has 1 aliphatic rings. The molecule has 1 fully saturated rings. The average molecular weight is 275 g/mol. The van der Waals surface area contributed by atoms with Crippen molar-refractivity contribution < 1.29 is 9.90 Å². The van der Waals surface area contributed by atoms with Crippen LogP contribution >= 0.6 is 0 Å². The van der Waals surface area contributed by atoms with Gasteiger partial charge < -0.3 is 10.0 Å². The van der Waals surface area contributed by atoms with Gasteiger partial charge in [-0.05, 0) is 39.3 Å². The van der Waals surface area contributed by atoms with Crippen LogP contribution in [0, 0.1) is 5.92 Å². The van der Waals surface area contributed by atoms with Crippen LogP contribution in [0.5, 0.6) is 0 Å². The quantitative estimate of drug-likeness (QED) is 0.812. The maximum absolute atomic E-state index is 12.8. The third-order valence-corrected chi connectivity index (χ3v) is 4.36. The van der Waals surface area contributed by atoms with Crippen molar-refractivity contribution in [3.8, 4) is 0 Å². The first-order valence-electron chi connectivity index (χ1n) is 7.64. The van der Waals surface area contributed by atoms with E-state index in [0.29, 0.717) is 12.5 Å². The number of piperidine rings is 1. The van der Waals surface area contributed by atoms with Gasteiger partial charge in [0.2, 0.25) is 0 Å². The molecule has 1 aliphatic heterocycles. The molecule has 0 aromatic heterocycles. The lowest BCUT2D eigenvalue weighted by Gasteiger charge is -2.37. The molecule has 1 saturated heterocycles. The van der Waals surface area contributed by atoms with E-state index in [1.807, 2.05) is 30.3 Å². The molecule has 0 bridgehead atoms. The topological polar surface area (TPSA) is 40.5 Å². The van der Waals surface area contributed by atoms with E-state index in [2.05, 4.69) is 11.9 Å². The molecule has 1 heterocycles. The summed E-state index contributed by atoms with van der Waals surface area (Å²) in [6, 6.07) is 9.89. The number of carbonyl (C=O) groups is 1. The number of hydrogen-bond donors (Lipinski definition) is 1. The van der Waals surface area contributed by atoms with Crippen molar-refractivity contribution in [3.05, 3.63) is 35.9 Å². The van der Waals surface area contributed by atoms with Crippen molar-refractivity contribution in [2.45, 2.75) is 38.1 Å². The predicted molar refractivity (Wildman–Crippen MR) is 80.9 cm³/mol. The number of hydrogen-bond acceptors (Lipinski definition) is 3. The third kappa shape index (κ3) is 3.68. The Kier molecular flexibility index (Phi) is 5.74. The highest BCUT2D eigenvalue weighted by Gasteiger charge is 2.32. The summed E-state index contributed by atoms with van der Waals surface area (Å²) in [5.41, 5.74) is 0.800. The van der Waals surface area contributed by atoms with E-state index in [0.717, 1.165) is 24.9 Å². The van der Waals surface area contributed by atoms with Gasteiger partial charge >= 0.3 is 0 Å². The zero-order valence-corrected chi connectivity index (χ0v) is 12.3. The van der Waals surface area contributed by atoms with Gasteiger partial charge in [0.05, 0.1) is 0 Å². The number of benzene rings is 1. The Hall–Kier alpha value is -1.19.